The highest BCUT2D eigenvalue weighted by Crippen LogP contribution is 2.41. The quantitative estimate of drug-likeness (QED) is 0.204. The van der Waals surface area contributed by atoms with Gasteiger partial charge in [0.25, 0.3) is 5.56 Å². The molecule has 3 aromatic heterocycles. The summed E-state index contributed by atoms with van der Waals surface area (Å²) in [6, 6.07) is 19.9. The van der Waals surface area contributed by atoms with Crippen LogP contribution in [0.5, 0.6) is 17.4 Å². The minimum Gasteiger partial charge on any atom is -0.487 e. The van der Waals surface area contributed by atoms with Crippen LogP contribution in [-0.4, -0.2) is 39.6 Å². The van der Waals surface area contributed by atoms with Crippen LogP contribution >= 0.6 is 0 Å². The third-order valence-corrected chi connectivity index (χ3v) is 6.92. The second kappa shape index (κ2) is 12.0. The molecule has 1 fully saturated rings. The van der Waals surface area contributed by atoms with E-state index in [2.05, 4.69) is 15.2 Å². The average Bonchev–Trinajstić information content (AvgIpc) is 3.76. The number of hydrogen-bond donors (Lipinski definition) is 1. The lowest BCUT2D eigenvalue weighted by Gasteiger charge is -2.17. The van der Waals surface area contributed by atoms with Crippen LogP contribution in [-0.2, 0) is 24.5 Å². The number of nitrogens with zero attached hydrogens (tertiary/aromatic N) is 3. The Bertz CT molecular complexity index is 1750. The first-order chi connectivity index (χ1) is 20.5. The topological polar surface area (TPSA) is 100 Å². The zero-order valence-electron chi connectivity index (χ0n) is 22.8. The van der Waals surface area contributed by atoms with E-state index in [1.165, 1.54) is 13.2 Å². The van der Waals surface area contributed by atoms with E-state index in [9.17, 15) is 13.6 Å². The molecule has 0 aliphatic heterocycles. The highest BCUT2D eigenvalue weighted by Gasteiger charge is 2.28. The van der Waals surface area contributed by atoms with Crippen molar-refractivity contribution < 1.29 is 27.7 Å². The number of aromatic nitrogens is 4. The van der Waals surface area contributed by atoms with Crippen molar-refractivity contribution in [2.24, 2.45) is 0 Å². The van der Waals surface area contributed by atoms with Crippen LogP contribution in [0, 0.1) is 0 Å². The van der Waals surface area contributed by atoms with E-state index in [0.717, 1.165) is 18.4 Å². The molecule has 0 amide bonds. The Morgan fingerprint density at radius 1 is 1.05 bits per heavy atom. The number of nitrogens with one attached hydrogen (secondary N) is 1. The van der Waals surface area contributed by atoms with Gasteiger partial charge in [0.1, 0.15) is 6.73 Å². The molecule has 11 heteroatoms. The van der Waals surface area contributed by atoms with E-state index in [1.807, 2.05) is 47.0 Å². The zero-order valence-corrected chi connectivity index (χ0v) is 22.8. The number of rotatable bonds is 12. The van der Waals surface area contributed by atoms with Gasteiger partial charge in [0.05, 0.1) is 42.6 Å². The molecule has 3 heterocycles. The van der Waals surface area contributed by atoms with Gasteiger partial charge in [0.2, 0.25) is 5.88 Å². The number of hydrogen-bond acceptors (Lipinski definition) is 7. The molecule has 1 aliphatic carbocycles. The van der Waals surface area contributed by atoms with Gasteiger partial charge in [-0.1, -0.05) is 36.4 Å². The molecule has 5 aromatic rings. The highest BCUT2D eigenvalue weighted by atomic mass is 19.3. The molecule has 1 aliphatic rings. The molecule has 6 rings (SSSR count). The fourth-order valence-corrected chi connectivity index (χ4v) is 4.91. The third-order valence-electron chi connectivity index (χ3n) is 6.92. The van der Waals surface area contributed by atoms with Gasteiger partial charge < -0.3 is 23.5 Å². The first-order valence-electron chi connectivity index (χ1n) is 13.5. The van der Waals surface area contributed by atoms with Crippen LogP contribution in [0.4, 0.5) is 8.78 Å². The maximum Gasteiger partial charge on any atom is 0.387 e. The molecule has 1 N–H and O–H groups in total. The summed E-state index contributed by atoms with van der Waals surface area (Å²) in [6.07, 6.45) is 3.45. The molecular weight excluding hydrogens is 546 g/mol. The minimum absolute atomic E-state index is 0.0563. The lowest BCUT2D eigenvalue weighted by atomic mass is 10.0. The van der Waals surface area contributed by atoms with Gasteiger partial charge in [0.15, 0.2) is 11.5 Å². The van der Waals surface area contributed by atoms with Crippen molar-refractivity contribution in [1.82, 2.24) is 19.7 Å². The summed E-state index contributed by atoms with van der Waals surface area (Å²) in [7, 11) is 1.54. The molecule has 216 valence electrons. The fourth-order valence-electron chi connectivity index (χ4n) is 4.91. The van der Waals surface area contributed by atoms with Crippen LogP contribution in [0.25, 0.3) is 22.2 Å². The van der Waals surface area contributed by atoms with Crippen molar-refractivity contribution in [2.75, 3.05) is 7.11 Å². The number of halogens is 2. The van der Waals surface area contributed by atoms with Crippen LogP contribution in [0.15, 0.2) is 77.7 Å². The number of H-pyrrole nitrogens is 1. The summed E-state index contributed by atoms with van der Waals surface area (Å²) >= 11 is 0. The number of benzene rings is 2. The first kappa shape index (κ1) is 27.4. The largest absolute Gasteiger partial charge is 0.487 e. The van der Waals surface area contributed by atoms with Gasteiger partial charge in [-0.15, -0.1) is 0 Å². The Hall–Kier alpha value is -4.77. The Kier molecular flexibility index (Phi) is 7.83. The van der Waals surface area contributed by atoms with Gasteiger partial charge in [-0.3, -0.25) is 4.79 Å². The maximum atomic E-state index is 13.3. The summed E-state index contributed by atoms with van der Waals surface area (Å²) < 4.78 is 50.5. The maximum absolute atomic E-state index is 13.3. The van der Waals surface area contributed by atoms with E-state index in [1.54, 1.807) is 24.4 Å². The second-order valence-corrected chi connectivity index (χ2v) is 9.88. The number of alkyl halides is 2. The van der Waals surface area contributed by atoms with Crippen LogP contribution in [0.2, 0.25) is 0 Å². The third kappa shape index (κ3) is 5.96. The number of methoxy groups -OCH3 is 1. The Balaban J connectivity index is 1.50. The molecule has 42 heavy (non-hydrogen) atoms. The zero-order chi connectivity index (χ0) is 29.1. The van der Waals surface area contributed by atoms with Gasteiger partial charge in [-0.2, -0.15) is 13.9 Å². The summed E-state index contributed by atoms with van der Waals surface area (Å²) in [4.78, 5) is 17.8. The Morgan fingerprint density at radius 2 is 1.88 bits per heavy atom. The van der Waals surface area contributed by atoms with Crippen LogP contribution in [0.3, 0.4) is 0 Å². The normalized spacial score (nSPS) is 13.0. The number of ether oxygens (including phenoxy) is 4. The molecule has 9 nitrogen and oxygen atoms in total. The number of fused-ring (bicyclic) bond motifs is 1. The molecule has 0 atom stereocenters. The van der Waals surface area contributed by atoms with Crippen molar-refractivity contribution in [3.05, 3.63) is 100 Å². The van der Waals surface area contributed by atoms with Gasteiger partial charge in [-0.25, -0.2) is 10.1 Å². The van der Waals surface area contributed by atoms with Crippen molar-refractivity contribution in [2.45, 2.75) is 45.3 Å². The van der Waals surface area contributed by atoms with E-state index >= 15 is 0 Å². The average molecular weight is 575 g/mol. The van der Waals surface area contributed by atoms with E-state index < -0.39 is 6.61 Å². The molecular formula is C31H28F2N4O5. The Labute approximate surface area is 239 Å². The van der Waals surface area contributed by atoms with Crippen molar-refractivity contribution >= 4 is 10.9 Å². The molecule has 0 spiro atoms. The van der Waals surface area contributed by atoms with E-state index in [0.29, 0.717) is 45.9 Å². The smallest absolute Gasteiger partial charge is 0.387 e. The molecule has 0 radical (unpaired) electrons. The van der Waals surface area contributed by atoms with Crippen LogP contribution < -0.4 is 19.8 Å². The molecule has 0 unspecified atom stereocenters. The van der Waals surface area contributed by atoms with Gasteiger partial charge >= 0.3 is 6.61 Å². The second-order valence-electron chi connectivity index (χ2n) is 9.88. The summed E-state index contributed by atoms with van der Waals surface area (Å²) in [5.41, 5.74) is 3.77. The standard InChI is InChI=1S/C31H28F2N4O5/c1-39-27-9-5-8-21(35-27)15-23-28-24(16-34-36-30(28)38)37(18-40-17-19-6-3-2-4-7-19)29(23)20-10-13-25(42-31(32)33)26(14-20)41-22-11-12-22/h2-10,13-14,16,22,31H,11-12,15,17-18H2,1H3,(H,36,38). The van der Waals surface area contributed by atoms with Gasteiger partial charge in [0, 0.05) is 23.7 Å². The summed E-state index contributed by atoms with van der Waals surface area (Å²) in [5.74, 6) is 0.585. The molecule has 2 aromatic carbocycles. The summed E-state index contributed by atoms with van der Waals surface area (Å²) in [6.45, 7) is -2.58. The lowest BCUT2D eigenvalue weighted by Crippen LogP contribution is -2.09. The summed E-state index contributed by atoms with van der Waals surface area (Å²) in [5, 5.41) is 7.02. The van der Waals surface area contributed by atoms with E-state index in [-0.39, 0.29) is 36.3 Å². The predicted molar refractivity (Wildman–Crippen MR) is 151 cm³/mol. The van der Waals surface area contributed by atoms with Crippen molar-refractivity contribution in [3.8, 4) is 28.6 Å². The van der Waals surface area contributed by atoms with Gasteiger partial charge in [-0.05, 0) is 48.2 Å². The predicted octanol–water partition coefficient (Wildman–Crippen LogP) is 5.70. The van der Waals surface area contributed by atoms with E-state index in [4.69, 9.17) is 18.9 Å². The SMILES string of the molecule is COc1cccc(Cc2c(-c3ccc(OC(F)F)c(OC4CC4)c3)n(COCc3ccccc3)c3cn[nH]c(=O)c23)n1. The lowest BCUT2D eigenvalue weighted by molar-refractivity contribution is -0.0516. The molecule has 0 bridgehead atoms. The fraction of sp³-hybridized carbons (Fsp3) is 0.258. The molecule has 1 saturated carbocycles. The highest BCUT2D eigenvalue weighted by molar-refractivity contribution is 5.91. The first-order valence-corrected chi connectivity index (χ1v) is 13.5. The monoisotopic (exact) mass is 574 g/mol. The molecule has 0 saturated heterocycles. The number of pyridine rings is 1. The van der Waals surface area contributed by atoms with Crippen molar-refractivity contribution in [1.29, 1.82) is 0 Å². The van der Waals surface area contributed by atoms with Crippen molar-refractivity contribution in [3.63, 3.8) is 0 Å². The Morgan fingerprint density at radius 3 is 2.64 bits per heavy atom. The number of aromatic amines is 1. The minimum atomic E-state index is -3.01. The van der Waals surface area contributed by atoms with Crippen LogP contribution in [0.1, 0.15) is 29.7 Å².